The van der Waals surface area contributed by atoms with E-state index >= 15 is 0 Å². The van der Waals surface area contributed by atoms with Crippen LogP contribution < -0.4 is 10.2 Å². The highest BCUT2D eigenvalue weighted by molar-refractivity contribution is 5.95. The Hall–Kier alpha value is -2.11. The van der Waals surface area contributed by atoms with Crippen LogP contribution in [0.2, 0.25) is 0 Å². The van der Waals surface area contributed by atoms with Crippen LogP contribution in [0.1, 0.15) is 41.1 Å². The Morgan fingerprint density at radius 2 is 1.97 bits per heavy atom. The van der Waals surface area contributed by atoms with Gasteiger partial charge in [-0.3, -0.25) is 4.79 Å². The summed E-state index contributed by atoms with van der Waals surface area (Å²) < 4.78 is 13.0. The van der Waals surface area contributed by atoms with Crippen molar-refractivity contribution in [3.05, 3.63) is 59.4 Å². The van der Waals surface area contributed by atoms with Crippen molar-refractivity contribution in [2.45, 2.75) is 31.2 Å². The second-order valence-electron chi connectivity index (χ2n) is 8.16. The molecule has 0 amide bonds. The van der Waals surface area contributed by atoms with E-state index in [1.807, 2.05) is 0 Å². The van der Waals surface area contributed by atoms with Gasteiger partial charge < -0.3 is 15.1 Å². The van der Waals surface area contributed by atoms with Gasteiger partial charge in [0.2, 0.25) is 0 Å². The molecule has 4 nitrogen and oxygen atoms in total. The molecule has 154 valence electrons. The number of hydrogen-bond donors (Lipinski definition) is 1. The van der Waals surface area contributed by atoms with E-state index in [-0.39, 0.29) is 24.0 Å². The van der Waals surface area contributed by atoms with Gasteiger partial charge in [0.15, 0.2) is 5.78 Å². The van der Waals surface area contributed by atoms with Crippen LogP contribution in [-0.4, -0.2) is 49.4 Å². The van der Waals surface area contributed by atoms with Crippen molar-refractivity contribution >= 4 is 29.6 Å². The fourth-order valence-electron chi connectivity index (χ4n) is 5.21. The zero-order chi connectivity index (χ0) is 19.1. The van der Waals surface area contributed by atoms with E-state index in [2.05, 4.69) is 33.3 Å². The molecule has 2 aromatic rings. The number of likely N-dealkylation sites (tertiary alicyclic amines) is 1. The van der Waals surface area contributed by atoms with Crippen molar-refractivity contribution in [3.8, 4) is 0 Å². The van der Waals surface area contributed by atoms with Crippen molar-refractivity contribution in [3.63, 3.8) is 0 Å². The molecule has 3 aliphatic heterocycles. The first-order valence-electron chi connectivity index (χ1n) is 10.4. The van der Waals surface area contributed by atoms with E-state index in [0.717, 1.165) is 39.1 Å². The van der Waals surface area contributed by atoms with E-state index in [9.17, 15) is 9.18 Å². The number of benzene rings is 2. The zero-order valence-electron chi connectivity index (χ0n) is 16.4. The summed E-state index contributed by atoms with van der Waals surface area (Å²) in [5.74, 6) is 0.373. The summed E-state index contributed by atoms with van der Waals surface area (Å²) in [7, 11) is 0. The Balaban J connectivity index is 0.00000205. The lowest BCUT2D eigenvalue weighted by Gasteiger charge is -2.40. The predicted molar refractivity (Wildman–Crippen MR) is 117 cm³/mol. The minimum Gasteiger partial charge on any atom is -0.382 e. The van der Waals surface area contributed by atoms with Crippen molar-refractivity contribution in [1.82, 2.24) is 4.90 Å². The minimum absolute atomic E-state index is 0. The lowest BCUT2D eigenvalue weighted by molar-refractivity contribution is 0.0971. The fourth-order valence-corrected chi connectivity index (χ4v) is 5.21. The Kier molecular flexibility index (Phi) is 5.79. The average Bonchev–Trinajstić information content (AvgIpc) is 3.04. The molecule has 3 aliphatic rings. The normalized spacial score (nSPS) is 22.3. The number of anilines is 2. The molecule has 0 aliphatic carbocycles. The summed E-state index contributed by atoms with van der Waals surface area (Å²) in [6, 6.07) is 13.2. The summed E-state index contributed by atoms with van der Waals surface area (Å²) in [5.41, 5.74) is 4.81. The number of piperidine rings is 1. The number of para-hydroxylation sites is 1. The van der Waals surface area contributed by atoms with Crippen LogP contribution in [0.4, 0.5) is 15.8 Å². The monoisotopic (exact) mass is 415 g/mol. The van der Waals surface area contributed by atoms with Gasteiger partial charge in [0.25, 0.3) is 0 Å². The lowest BCUT2D eigenvalue weighted by atomic mass is 9.89. The molecular weight excluding hydrogens is 389 g/mol. The van der Waals surface area contributed by atoms with Gasteiger partial charge in [-0.2, -0.15) is 0 Å². The number of carbonyl (C=O) groups is 1. The van der Waals surface area contributed by atoms with Gasteiger partial charge >= 0.3 is 0 Å². The molecule has 0 radical (unpaired) electrons. The van der Waals surface area contributed by atoms with Crippen LogP contribution in [0, 0.1) is 5.82 Å². The van der Waals surface area contributed by atoms with Crippen LogP contribution in [0.3, 0.4) is 0 Å². The number of ketones is 1. The lowest BCUT2D eigenvalue weighted by Crippen LogP contribution is -2.48. The summed E-state index contributed by atoms with van der Waals surface area (Å²) >= 11 is 0. The van der Waals surface area contributed by atoms with Gasteiger partial charge in [0, 0.05) is 50.1 Å². The highest BCUT2D eigenvalue weighted by Crippen LogP contribution is 2.49. The quantitative estimate of drug-likeness (QED) is 0.738. The number of carbonyl (C=O) groups excluding carboxylic acids is 1. The van der Waals surface area contributed by atoms with Gasteiger partial charge in [-0.15, -0.1) is 12.4 Å². The van der Waals surface area contributed by atoms with E-state index in [1.165, 1.54) is 35.5 Å². The standard InChI is InChI=1S/C23H26FN3O.ClH/c24-17-8-6-16(7-9-17)22(28)5-2-12-26-13-10-21-19(15-26)18-3-1-4-20-23(18)27(21)14-11-25-20;/h1,3-4,6-9,19,21,25H,2,5,10-15H2;1H/t19-,21?;/m0./s1. The number of nitrogens with zero attached hydrogens (tertiary/aromatic N) is 2. The topological polar surface area (TPSA) is 35.6 Å². The molecule has 2 atom stereocenters. The number of nitrogens with one attached hydrogen (secondary N) is 1. The molecule has 0 saturated carbocycles. The Morgan fingerprint density at radius 3 is 2.79 bits per heavy atom. The van der Waals surface area contributed by atoms with Crippen LogP contribution in [0.25, 0.3) is 0 Å². The van der Waals surface area contributed by atoms with Crippen LogP contribution in [-0.2, 0) is 0 Å². The molecule has 3 heterocycles. The zero-order valence-corrected chi connectivity index (χ0v) is 17.3. The third kappa shape index (κ3) is 3.74. The number of halogens is 2. The van der Waals surface area contributed by atoms with Gasteiger partial charge in [0.05, 0.1) is 11.4 Å². The van der Waals surface area contributed by atoms with Crippen molar-refractivity contribution in [2.75, 3.05) is 42.9 Å². The Bertz CT molecular complexity index is 888. The molecular formula is C23H27ClFN3O. The van der Waals surface area contributed by atoms with E-state index in [4.69, 9.17) is 0 Å². The minimum atomic E-state index is -0.298. The van der Waals surface area contributed by atoms with E-state index < -0.39 is 0 Å². The molecule has 6 heteroatoms. The smallest absolute Gasteiger partial charge is 0.162 e. The molecule has 0 spiro atoms. The van der Waals surface area contributed by atoms with Gasteiger partial charge in [-0.05, 0) is 55.3 Å². The molecule has 0 bridgehead atoms. The molecule has 5 rings (SSSR count). The van der Waals surface area contributed by atoms with Crippen molar-refractivity contribution in [2.24, 2.45) is 0 Å². The first-order valence-corrected chi connectivity index (χ1v) is 10.4. The fraction of sp³-hybridized carbons (Fsp3) is 0.435. The van der Waals surface area contributed by atoms with Gasteiger partial charge in [0.1, 0.15) is 5.82 Å². The summed E-state index contributed by atoms with van der Waals surface area (Å²) in [6.07, 6.45) is 2.56. The first-order chi connectivity index (χ1) is 13.7. The molecule has 2 aromatic carbocycles. The van der Waals surface area contributed by atoms with E-state index in [0.29, 0.717) is 23.9 Å². The molecule has 1 N–H and O–H groups in total. The maximum absolute atomic E-state index is 13.0. The molecule has 0 aromatic heterocycles. The molecule has 1 unspecified atom stereocenters. The third-order valence-corrected chi connectivity index (χ3v) is 6.53. The summed E-state index contributed by atoms with van der Waals surface area (Å²) in [4.78, 5) is 17.5. The van der Waals surface area contributed by atoms with Crippen molar-refractivity contribution < 1.29 is 9.18 Å². The average molecular weight is 416 g/mol. The highest BCUT2D eigenvalue weighted by atomic mass is 35.5. The highest BCUT2D eigenvalue weighted by Gasteiger charge is 2.43. The Labute approximate surface area is 177 Å². The number of rotatable bonds is 5. The SMILES string of the molecule is Cl.O=C(CCCN1CCC2[C@@H](C1)c1cccc3c1N2CCN3)c1ccc(F)cc1. The maximum atomic E-state index is 13.0. The second-order valence-corrected chi connectivity index (χ2v) is 8.16. The van der Waals surface area contributed by atoms with Crippen LogP contribution in [0.15, 0.2) is 42.5 Å². The third-order valence-electron chi connectivity index (χ3n) is 6.53. The molecule has 1 saturated heterocycles. The van der Waals surface area contributed by atoms with E-state index in [1.54, 1.807) is 12.1 Å². The first kappa shape index (κ1) is 20.2. The molecule has 1 fully saturated rings. The van der Waals surface area contributed by atoms with Crippen molar-refractivity contribution in [1.29, 1.82) is 0 Å². The predicted octanol–water partition coefficient (Wildman–Crippen LogP) is 4.31. The molecule has 29 heavy (non-hydrogen) atoms. The number of hydrogen-bond acceptors (Lipinski definition) is 4. The van der Waals surface area contributed by atoms with Crippen LogP contribution in [0.5, 0.6) is 0 Å². The van der Waals surface area contributed by atoms with Crippen LogP contribution >= 0.6 is 12.4 Å². The van der Waals surface area contributed by atoms with Gasteiger partial charge in [-0.1, -0.05) is 12.1 Å². The number of Topliss-reactive ketones (excluding diaryl/α,β-unsaturated/α-hetero) is 1. The maximum Gasteiger partial charge on any atom is 0.162 e. The Morgan fingerprint density at radius 1 is 1.14 bits per heavy atom. The second kappa shape index (κ2) is 8.33. The summed E-state index contributed by atoms with van der Waals surface area (Å²) in [5, 5.41) is 3.54. The number of fused-ring (bicyclic) bond motifs is 3. The van der Waals surface area contributed by atoms with Gasteiger partial charge in [-0.25, -0.2) is 4.39 Å². The largest absolute Gasteiger partial charge is 0.382 e. The summed E-state index contributed by atoms with van der Waals surface area (Å²) in [6.45, 7) is 5.23.